The van der Waals surface area contributed by atoms with Gasteiger partial charge in [0, 0.05) is 62.9 Å². The van der Waals surface area contributed by atoms with Gasteiger partial charge in [-0.2, -0.15) is 5.10 Å². The molecule has 1 N–H and O–H groups in total. The number of aromatic nitrogens is 3. The molecule has 2 aromatic carbocycles. The summed E-state index contributed by atoms with van der Waals surface area (Å²) in [4.78, 5) is 10.1. The van der Waals surface area contributed by atoms with Gasteiger partial charge in [-0.1, -0.05) is 56.3 Å². The number of hydrogen-bond acceptors (Lipinski definition) is 5. The molecule has 1 aromatic heterocycles. The van der Waals surface area contributed by atoms with Crippen LogP contribution in [0.5, 0.6) is 5.75 Å². The van der Waals surface area contributed by atoms with Crippen molar-refractivity contribution in [2.75, 3.05) is 32.8 Å². The predicted octanol–water partition coefficient (Wildman–Crippen LogP) is 3.96. The molecule has 6 rings (SSSR count). The van der Waals surface area contributed by atoms with Gasteiger partial charge >= 0.3 is 0 Å². The molecule has 6 nitrogen and oxygen atoms in total. The van der Waals surface area contributed by atoms with Crippen LogP contribution in [-0.2, 0) is 19.5 Å². The number of nitrogens with zero attached hydrogens (tertiary/aromatic N) is 4. The standard InChI is InChI=1S/C27H33N5O/c1-19(2)25-28-26(30-29-25)23-15-31(13-20-6-4-3-5-7-20)16-27(23)17-32(18-27)14-21-8-9-24-22(12-21)10-11-33-24/h3-9,12,19,23H,10-11,13-18H2,1-2H3,(H,28,29,30). The zero-order valence-corrected chi connectivity index (χ0v) is 19.6. The first-order chi connectivity index (χ1) is 16.1. The summed E-state index contributed by atoms with van der Waals surface area (Å²) in [6.45, 7) is 11.5. The van der Waals surface area contributed by atoms with E-state index in [0.717, 1.165) is 69.7 Å². The molecule has 0 bridgehead atoms. The Morgan fingerprint density at radius 3 is 2.61 bits per heavy atom. The maximum atomic E-state index is 5.68. The Balaban J connectivity index is 1.19. The fraction of sp³-hybridized carbons (Fsp3) is 0.481. The molecule has 1 atom stereocenters. The van der Waals surface area contributed by atoms with Crippen molar-refractivity contribution in [2.24, 2.45) is 5.41 Å². The van der Waals surface area contributed by atoms with Crippen LogP contribution in [0.25, 0.3) is 0 Å². The fourth-order valence-electron chi connectivity index (χ4n) is 5.99. The highest BCUT2D eigenvalue weighted by Gasteiger charge is 2.55. The van der Waals surface area contributed by atoms with Crippen molar-refractivity contribution in [3.8, 4) is 5.75 Å². The summed E-state index contributed by atoms with van der Waals surface area (Å²) in [7, 11) is 0. The molecule has 33 heavy (non-hydrogen) atoms. The van der Waals surface area contributed by atoms with E-state index >= 15 is 0 Å². The molecule has 2 saturated heterocycles. The second-order valence-electron chi connectivity index (χ2n) is 10.5. The topological polar surface area (TPSA) is 57.3 Å². The molecule has 3 aliphatic rings. The van der Waals surface area contributed by atoms with Crippen molar-refractivity contribution in [2.45, 2.75) is 45.2 Å². The van der Waals surface area contributed by atoms with Crippen LogP contribution in [0.1, 0.15) is 54.0 Å². The van der Waals surface area contributed by atoms with E-state index < -0.39 is 0 Å². The minimum absolute atomic E-state index is 0.238. The summed E-state index contributed by atoms with van der Waals surface area (Å²) in [6, 6.07) is 17.5. The van der Waals surface area contributed by atoms with Gasteiger partial charge in [-0.25, -0.2) is 4.98 Å². The lowest BCUT2D eigenvalue weighted by atomic mass is 9.71. The smallest absolute Gasteiger partial charge is 0.153 e. The number of ether oxygens (including phenoxy) is 1. The highest BCUT2D eigenvalue weighted by molar-refractivity contribution is 5.40. The molecule has 0 saturated carbocycles. The van der Waals surface area contributed by atoms with Gasteiger partial charge in [0.2, 0.25) is 0 Å². The highest BCUT2D eigenvalue weighted by atomic mass is 16.5. The van der Waals surface area contributed by atoms with Crippen molar-refractivity contribution < 1.29 is 4.74 Å². The van der Waals surface area contributed by atoms with Crippen molar-refractivity contribution in [3.63, 3.8) is 0 Å². The summed E-state index contributed by atoms with van der Waals surface area (Å²) >= 11 is 0. The quantitative estimate of drug-likeness (QED) is 0.625. The maximum Gasteiger partial charge on any atom is 0.153 e. The average Bonchev–Trinajstić information content (AvgIpc) is 3.52. The average molecular weight is 444 g/mol. The van der Waals surface area contributed by atoms with E-state index in [2.05, 4.69) is 82.4 Å². The lowest BCUT2D eigenvalue weighted by molar-refractivity contribution is -0.0111. The lowest BCUT2D eigenvalue weighted by Gasteiger charge is -2.51. The molecule has 1 unspecified atom stereocenters. The van der Waals surface area contributed by atoms with E-state index in [4.69, 9.17) is 9.72 Å². The predicted molar refractivity (Wildman–Crippen MR) is 128 cm³/mol. The van der Waals surface area contributed by atoms with Gasteiger partial charge in [0.1, 0.15) is 11.6 Å². The molecule has 2 fully saturated rings. The number of likely N-dealkylation sites (tertiary alicyclic amines) is 2. The van der Waals surface area contributed by atoms with Crippen LogP contribution in [0.2, 0.25) is 0 Å². The minimum atomic E-state index is 0.238. The molecule has 6 heteroatoms. The molecule has 3 aromatic rings. The highest BCUT2D eigenvalue weighted by Crippen LogP contribution is 2.49. The number of fused-ring (bicyclic) bond motifs is 1. The normalized spacial score (nSPS) is 22.0. The van der Waals surface area contributed by atoms with Gasteiger partial charge in [0.15, 0.2) is 5.82 Å². The molecule has 4 heterocycles. The van der Waals surface area contributed by atoms with Crippen LogP contribution < -0.4 is 4.74 Å². The van der Waals surface area contributed by atoms with E-state index in [1.54, 1.807) is 0 Å². The first kappa shape index (κ1) is 20.9. The molecule has 0 amide bonds. The Morgan fingerprint density at radius 2 is 1.82 bits per heavy atom. The van der Waals surface area contributed by atoms with Crippen molar-refractivity contribution >= 4 is 0 Å². The van der Waals surface area contributed by atoms with Crippen LogP contribution in [0.15, 0.2) is 48.5 Å². The van der Waals surface area contributed by atoms with Crippen LogP contribution >= 0.6 is 0 Å². The van der Waals surface area contributed by atoms with E-state index in [0.29, 0.717) is 11.8 Å². The second-order valence-corrected chi connectivity index (χ2v) is 10.5. The Hall–Kier alpha value is -2.70. The van der Waals surface area contributed by atoms with Gasteiger partial charge in [-0.15, -0.1) is 0 Å². The largest absolute Gasteiger partial charge is 0.493 e. The number of rotatable bonds is 6. The molecule has 0 radical (unpaired) electrons. The number of H-pyrrole nitrogens is 1. The number of hydrogen-bond donors (Lipinski definition) is 1. The van der Waals surface area contributed by atoms with Gasteiger partial charge in [0.25, 0.3) is 0 Å². The Labute approximate surface area is 196 Å². The van der Waals surface area contributed by atoms with Crippen LogP contribution in [0.3, 0.4) is 0 Å². The number of benzene rings is 2. The second kappa shape index (κ2) is 8.26. The Morgan fingerprint density at radius 1 is 1.03 bits per heavy atom. The van der Waals surface area contributed by atoms with E-state index in [1.165, 1.54) is 16.7 Å². The maximum absolute atomic E-state index is 5.68. The zero-order valence-electron chi connectivity index (χ0n) is 19.6. The summed E-state index contributed by atoms with van der Waals surface area (Å²) in [5, 5.41) is 7.84. The van der Waals surface area contributed by atoms with E-state index in [-0.39, 0.29) is 5.41 Å². The van der Waals surface area contributed by atoms with Crippen LogP contribution in [0.4, 0.5) is 0 Å². The third kappa shape index (κ3) is 3.96. The molecular formula is C27H33N5O. The summed E-state index contributed by atoms with van der Waals surface area (Å²) in [5.74, 6) is 3.81. The summed E-state index contributed by atoms with van der Waals surface area (Å²) in [5.41, 5.74) is 4.37. The molecular weight excluding hydrogens is 410 g/mol. The monoisotopic (exact) mass is 443 g/mol. The minimum Gasteiger partial charge on any atom is -0.493 e. The fourth-order valence-corrected chi connectivity index (χ4v) is 5.99. The Kier molecular flexibility index (Phi) is 5.23. The SMILES string of the molecule is CC(C)c1n[nH]c(C2CN(Cc3ccccc3)CC23CN(Cc2ccc4c(c2)CCO4)C3)n1. The van der Waals surface area contributed by atoms with Crippen LogP contribution in [-0.4, -0.2) is 57.8 Å². The van der Waals surface area contributed by atoms with Gasteiger partial charge in [-0.3, -0.25) is 14.9 Å². The van der Waals surface area contributed by atoms with Crippen LogP contribution in [0, 0.1) is 5.41 Å². The summed E-state index contributed by atoms with van der Waals surface area (Å²) in [6.07, 6.45) is 1.04. The Bertz CT molecular complexity index is 1120. The number of aromatic amines is 1. The van der Waals surface area contributed by atoms with Crippen molar-refractivity contribution in [1.82, 2.24) is 25.0 Å². The van der Waals surface area contributed by atoms with Gasteiger partial charge in [0.05, 0.1) is 6.61 Å². The molecule has 3 aliphatic heterocycles. The number of nitrogens with one attached hydrogen (secondary N) is 1. The first-order valence-corrected chi connectivity index (χ1v) is 12.2. The van der Waals surface area contributed by atoms with Gasteiger partial charge < -0.3 is 4.74 Å². The van der Waals surface area contributed by atoms with Crippen molar-refractivity contribution in [1.29, 1.82) is 0 Å². The molecule has 172 valence electrons. The molecule has 0 aliphatic carbocycles. The summed E-state index contributed by atoms with van der Waals surface area (Å²) < 4.78 is 5.68. The van der Waals surface area contributed by atoms with Crippen molar-refractivity contribution in [3.05, 3.63) is 76.9 Å². The zero-order chi connectivity index (χ0) is 22.4. The van der Waals surface area contributed by atoms with Gasteiger partial charge in [-0.05, 0) is 22.8 Å². The third-order valence-corrected chi connectivity index (χ3v) is 7.57. The van der Waals surface area contributed by atoms with E-state index in [9.17, 15) is 0 Å². The third-order valence-electron chi connectivity index (χ3n) is 7.57. The lowest BCUT2D eigenvalue weighted by Crippen LogP contribution is -2.59. The molecule has 1 spiro atoms. The van der Waals surface area contributed by atoms with E-state index in [1.807, 2.05) is 0 Å². The first-order valence-electron chi connectivity index (χ1n) is 12.2.